The number of carboxylic acids is 3. The topological polar surface area (TPSA) is 172 Å². The van der Waals surface area contributed by atoms with Gasteiger partial charge >= 0.3 is 17.4 Å². The molecule has 10 heteroatoms. The van der Waals surface area contributed by atoms with Crippen molar-refractivity contribution in [1.82, 2.24) is 0 Å². The van der Waals surface area contributed by atoms with E-state index in [1.165, 1.54) is 250 Å². The van der Waals surface area contributed by atoms with Gasteiger partial charge in [-0.2, -0.15) is 0 Å². The monoisotopic (exact) mass is 1080 g/mol. The maximum absolute atomic E-state index is 11.1. The third kappa shape index (κ3) is 80.0. The molecule has 0 aliphatic heterocycles. The minimum Gasteiger partial charge on any atom is -0.550 e. The first-order valence-electron chi connectivity index (χ1n) is 31.6. The summed E-state index contributed by atoms with van der Waals surface area (Å²) in [5, 5.41) is 30.7. The molecule has 0 spiro atoms. The van der Waals surface area contributed by atoms with Crippen LogP contribution in [0.4, 0.5) is 0 Å². The van der Waals surface area contributed by atoms with Crippen molar-refractivity contribution in [2.24, 2.45) is 0 Å². The Balaban J connectivity index is -0.000000508. The summed E-state index contributed by atoms with van der Waals surface area (Å²) in [4.78, 5) is 64.1. The van der Waals surface area contributed by atoms with Crippen LogP contribution in [0.15, 0.2) is 36.5 Å². The van der Waals surface area contributed by atoms with Crippen LogP contribution in [0.1, 0.15) is 348 Å². The van der Waals surface area contributed by atoms with Gasteiger partial charge in [0.15, 0.2) is 0 Å². The number of hydrogen-bond acceptors (Lipinski definition) is 9. The van der Waals surface area contributed by atoms with E-state index in [4.69, 9.17) is 0 Å². The Hall–Kier alpha value is -2.83. The second-order valence-electron chi connectivity index (χ2n) is 21.4. The fraction of sp³-hybridized carbons (Fsp3) is 0.818. The normalized spacial score (nSPS) is 11.1. The Kier molecular flexibility index (Phi) is 73.6. The van der Waals surface area contributed by atoms with Crippen molar-refractivity contribution in [1.29, 1.82) is 0 Å². The fourth-order valence-electron chi connectivity index (χ4n) is 9.07. The van der Waals surface area contributed by atoms with Gasteiger partial charge in [-0.25, -0.2) is 0 Å². The molecule has 0 aliphatic rings. The standard InChI is InChI=1S/3C22H40O3.Al/c3*1-2-3-4-5-6-7-8-9-10-11-12-13-14-15-16-17-18-19-21(23)20-22(24)25;/h3*17-18H,2-16,19-20H2,1H3,(H,24,25);/q;;;+3/p-3. The number of allylic oxidation sites excluding steroid dienone is 6. The van der Waals surface area contributed by atoms with E-state index in [0.717, 1.165) is 38.5 Å². The smallest absolute Gasteiger partial charge is 0.550 e. The van der Waals surface area contributed by atoms with E-state index in [1.54, 1.807) is 18.2 Å². The van der Waals surface area contributed by atoms with Crippen LogP contribution in [0.25, 0.3) is 0 Å². The molecule has 0 N–H and O–H groups in total. The summed E-state index contributed by atoms with van der Waals surface area (Å²) >= 11 is 0. The second kappa shape index (κ2) is 70.2. The zero-order valence-corrected chi connectivity index (χ0v) is 50.9. The van der Waals surface area contributed by atoms with E-state index in [9.17, 15) is 44.1 Å². The average Bonchev–Trinajstić information content (AvgIpc) is 3.36. The SMILES string of the molecule is CCCCCCCCCCCCCCCCC=CCC(=O)CC(=O)[O-].CCCCCCCCCCCCCCCCC=CCC(=O)CC(=O)[O-].CCCCCCCCCCCCCCCCC=CCC(=O)CC(=O)[O-].[Al+3]. The average molecular weight is 1080 g/mol. The number of rotatable bonds is 57. The number of unbranched alkanes of at least 4 members (excludes halogenated alkanes) is 42. The van der Waals surface area contributed by atoms with Gasteiger partial charge in [0.05, 0.1) is 0 Å². The summed E-state index contributed by atoms with van der Waals surface area (Å²) in [5.74, 6) is -4.70. The van der Waals surface area contributed by atoms with Gasteiger partial charge in [0, 0.05) is 56.4 Å². The number of ketones is 3. The van der Waals surface area contributed by atoms with Crippen molar-refractivity contribution >= 4 is 52.6 Å². The molecule has 0 rings (SSSR count). The molecule has 0 saturated heterocycles. The third-order valence-corrected chi connectivity index (χ3v) is 13.7. The van der Waals surface area contributed by atoms with Crippen LogP contribution in [-0.2, 0) is 28.8 Å². The number of hydrogen-bond donors (Lipinski definition) is 0. The van der Waals surface area contributed by atoms with E-state index >= 15 is 0 Å². The van der Waals surface area contributed by atoms with Crippen molar-refractivity contribution in [3.05, 3.63) is 36.5 Å². The largest absolute Gasteiger partial charge is 3.00 e. The van der Waals surface area contributed by atoms with Gasteiger partial charge in [-0.1, -0.05) is 308 Å². The molecule has 76 heavy (non-hydrogen) atoms. The quantitative estimate of drug-likeness (QED) is 0.0249. The number of Topliss-reactive ketones (excluding diaryl/α,β-unsaturated/α-hetero) is 3. The summed E-state index contributed by atoms with van der Waals surface area (Å²) in [5.41, 5.74) is 0. The van der Waals surface area contributed by atoms with Crippen molar-refractivity contribution in [3.8, 4) is 0 Å². The first-order valence-corrected chi connectivity index (χ1v) is 31.6. The van der Waals surface area contributed by atoms with Gasteiger partial charge in [0.2, 0.25) is 0 Å². The van der Waals surface area contributed by atoms with Crippen LogP contribution in [0, 0.1) is 0 Å². The van der Waals surface area contributed by atoms with Gasteiger partial charge in [-0.3, -0.25) is 14.4 Å². The minimum absolute atomic E-state index is 0. The van der Waals surface area contributed by atoms with Crippen LogP contribution in [0.5, 0.6) is 0 Å². The van der Waals surface area contributed by atoms with E-state index in [1.807, 2.05) is 18.2 Å². The Morgan fingerprint density at radius 2 is 0.382 bits per heavy atom. The summed E-state index contributed by atoms with van der Waals surface area (Å²) in [6.45, 7) is 6.80. The summed E-state index contributed by atoms with van der Waals surface area (Å²) in [7, 11) is 0. The van der Waals surface area contributed by atoms with Gasteiger partial charge in [-0.05, 0) is 38.5 Å². The van der Waals surface area contributed by atoms with Gasteiger partial charge < -0.3 is 29.7 Å². The molecule has 0 unspecified atom stereocenters. The first kappa shape index (κ1) is 79.7. The molecule has 0 aliphatic carbocycles. The van der Waals surface area contributed by atoms with E-state index in [0.29, 0.717) is 0 Å². The first-order chi connectivity index (χ1) is 36.5. The predicted molar refractivity (Wildman–Crippen MR) is 316 cm³/mol. The molecule has 0 heterocycles. The van der Waals surface area contributed by atoms with E-state index < -0.39 is 37.2 Å². The molecule has 0 aromatic rings. The fourth-order valence-corrected chi connectivity index (χ4v) is 9.07. The zero-order valence-electron chi connectivity index (χ0n) is 49.8. The summed E-state index contributed by atoms with van der Waals surface area (Å²) in [6.07, 6.45) is 70.6. The molecule has 0 atom stereocenters. The molecule has 0 radical (unpaired) electrons. The number of carbonyl (C=O) groups excluding carboxylic acids is 6. The van der Waals surface area contributed by atoms with Crippen molar-refractivity contribution in [3.63, 3.8) is 0 Å². The van der Waals surface area contributed by atoms with Gasteiger partial charge in [0.1, 0.15) is 17.3 Å². The molecule has 9 nitrogen and oxygen atoms in total. The number of carbonyl (C=O) groups is 6. The molecule has 0 aromatic heterocycles. The Morgan fingerprint density at radius 3 is 0.526 bits per heavy atom. The second-order valence-corrected chi connectivity index (χ2v) is 21.4. The van der Waals surface area contributed by atoms with Gasteiger partial charge in [-0.15, -0.1) is 0 Å². The molecule has 438 valence electrons. The Morgan fingerprint density at radius 1 is 0.237 bits per heavy atom. The Labute approximate surface area is 479 Å². The number of aliphatic carboxylic acids is 3. The van der Waals surface area contributed by atoms with Crippen LogP contribution in [0.3, 0.4) is 0 Å². The molecular weight excluding hydrogens is 964 g/mol. The summed E-state index contributed by atoms with van der Waals surface area (Å²) in [6, 6.07) is 0. The molecule has 0 aromatic carbocycles. The molecule has 0 fully saturated rings. The maximum atomic E-state index is 11.1. The predicted octanol–water partition coefficient (Wildman–Crippen LogP) is 16.2. The third-order valence-electron chi connectivity index (χ3n) is 13.7. The van der Waals surface area contributed by atoms with Crippen molar-refractivity contribution in [2.75, 3.05) is 0 Å². The van der Waals surface area contributed by atoms with Crippen molar-refractivity contribution in [2.45, 2.75) is 348 Å². The van der Waals surface area contributed by atoms with Crippen LogP contribution in [0.2, 0.25) is 0 Å². The molecule has 0 amide bonds. The van der Waals surface area contributed by atoms with Crippen LogP contribution < -0.4 is 15.3 Å². The zero-order chi connectivity index (χ0) is 55.8. The van der Waals surface area contributed by atoms with E-state index in [2.05, 4.69) is 20.8 Å². The Bertz CT molecular complexity index is 1210. The van der Waals surface area contributed by atoms with E-state index in [-0.39, 0.29) is 54.0 Å². The molecular formula is C66H117AlO9. The van der Waals surface area contributed by atoms with Crippen LogP contribution >= 0.6 is 0 Å². The maximum Gasteiger partial charge on any atom is 3.00 e. The van der Waals surface area contributed by atoms with Crippen molar-refractivity contribution < 1.29 is 44.1 Å². The minimum atomic E-state index is -1.29. The summed E-state index contributed by atoms with van der Waals surface area (Å²) < 4.78 is 0. The molecule has 0 bridgehead atoms. The van der Waals surface area contributed by atoms with Crippen LogP contribution in [-0.4, -0.2) is 52.6 Å². The number of carboxylic acid groups (broad SMARTS) is 3. The van der Waals surface area contributed by atoms with Gasteiger partial charge in [0.25, 0.3) is 0 Å². The molecule has 0 saturated carbocycles.